The second kappa shape index (κ2) is 5.65. The number of hydrogen-bond donors (Lipinski definition) is 2. The molecule has 112 valence electrons. The van der Waals surface area contributed by atoms with E-state index in [2.05, 4.69) is 25.2 Å². The lowest BCUT2D eigenvalue weighted by Gasteiger charge is -2.30. The summed E-state index contributed by atoms with van der Waals surface area (Å²) in [5.41, 5.74) is 6.47. The Hall–Kier alpha value is -2.22. The minimum Gasteiger partial charge on any atom is -0.364 e. The Bertz CT molecular complexity index is 634. The molecule has 0 bridgehead atoms. The standard InChI is InChI=1S/C13H18N6O2/c1-8-15-12(21-18-8)7-19-4-2-3-9(6-19)10-5-11(13(14)20)17-16-10/h5,9H,2-4,6-7H2,1H3,(H2,14,20)(H,16,17). The molecule has 3 N–H and O–H groups in total. The van der Waals surface area contributed by atoms with Crippen LogP contribution in [0.5, 0.6) is 0 Å². The molecule has 2 aromatic rings. The molecule has 8 heteroatoms. The molecule has 1 saturated heterocycles. The van der Waals surface area contributed by atoms with E-state index >= 15 is 0 Å². The van der Waals surface area contributed by atoms with Crippen molar-refractivity contribution in [3.05, 3.63) is 29.2 Å². The average Bonchev–Trinajstić information content (AvgIpc) is 3.08. The Morgan fingerprint density at radius 3 is 3.14 bits per heavy atom. The number of rotatable bonds is 4. The molecule has 0 aromatic carbocycles. The van der Waals surface area contributed by atoms with E-state index in [9.17, 15) is 4.79 Å². The van der Waals surface area contributed by atoms with Crippen molar-refractivity contribution in [1.82, 2.24) is 25.2 Å². The van der Waals surface area contributed by atoms with Gasteiger partial charge in [-0.25, -0.2) is 0 Å². The van der Waals surface area contributed by atoms with Crippen LogP contribution >= 0.6 is 0 Å². The lowest BCUT2D eigenvalue weighted by molar-refractivity contribution is 0.0995. The van der Waals surface area contributed by atoms with Crippen LogP contribution in [-0.2, 0) is 6.54 Å². The van der Waals surface area contributed by atoms with E-state index in [0.717, 1.165) is 31.6 Å². The number of likely N-dealkylation sites (tertiary alicyclic amines) is 1. The van der Waals surface area contributed by atoms with E-state index in [4.69, 9.17) is 10.3 Å². The van der Waals surface area contributed by atoms with Gasteiger partial charge in [0.1, 0.15) is 5.69 Å². The number of aryl methyl sites for hydroxylation is 1. The second-order valence-electron chi connectivity index (χ2n) is 5.38. The molecule has 1 aliphatic heterocycles. The number of nitrogens with zero attached hydrogens (tertiary/aromatic N) is 4. The number of H-pyrrole nitrogens is 1. The normalized spacial score (nSPS) is 19.8. The number of hydrogen-bond acceptors (Lipinski definition) is 6. The van der Waals surface area contributed by atoms with Crippen LogP contribution in [0.1, 0.15) is 46.7 Å². The predicted octanol–water partition coefficient (Wildman–Crippen LogP) is 0.580. The number of piperidine rings is 1. The SMILES string of the molecule is Cc1noc(CN2CCCC(c3cc(C(N)=O)n[nH]3)C2)n1. The minimum absolute atomic E-state index is 0.287. The van der Waals surface area contributed by atoms with Gasteiger partial charge in [-0.1, -0.05) is 5.16 Å². The van der Waals surface area contributed by atoms with Crippen LogP contribution in [0.15, 0.2) is 10.6 Å². The third-order valence-electron chi connectivity index (χ3n) is 3.72. The van der Waals surface area contributed by atoms with Crippen LogP contribution in [-0.4, -0.2) is 44.2 Å². The number of amides is 1. The number of carbonyl (C=O) groups is 1. The van der Waals surface area contributed by atoms with E-state index < -0.39 is 5.91 Å². The van der Waals surface area contributed by atoms with Crippen molar-refractivity contribution in [3.8, 4) is 0 Å². The van der Waals surface area contributed by atoms with Crippen LogP contribution < -0.4 is 5.73 Å². The Balaban J connectivity index is 1.66. The Labute approximate surface area is 121 Å². The van der Waals surface area contributed by atoms with Crippen molar-refractivity contribution in [2.75, 3.05) is 13.1 Å². The van der Waals surface area contributed by atoms with Gasteiger partial charge in [0.25, 0.3) is 5.91 Å². The molecule has 3 heterocycles. The first-order chi connectivity index (χ1) is 10.1. The summed E-state index contributed by atoms with van der Waals surface area (Å²) in [6.45, 7) is 4.31. The molecule has 0 aliphatic carbocycles. The summed E-state index contributed by atoms with van der Waals surface area (Å²) in [6.07, 6.45) is 2.13. The summed E-state index contributed by atoms with van der Waals surface area (Å²) in [5.74, 6) is 1.09. The molecule has 8 nitrogen and oxygen atoms in total. The maximum atomic E-state index is 11.1. The number of primary amides is 1. The van der Waals surface area contributed by atoms with Crippen molar-refractivity contribution >= 4 is 5.91 Å². The molecule has 0 spiro atoms. The lowest BCUT2D eigenvalue weighted by Crippen LogP contribution is -2.34. The molecule has 3 rings (SSSR count). The van der Waals surface area contributed by atoms with E-state index in [1.165, 1.54) is 0 Å². The molecule has 1 fully saturated rings. The lowest BCUT2D eigenvalue weighted by atomic mass is 9.94. The number of aromatic nitrogens is 4. The van der Waals surface area contributed by atoms with Gasteiger partial charge >= 0.3 is 0 Å². The molecule has 1 aliphatic rings. The first-order valence-electron chi connectivity index (χ1n) is 6.98. The highest BCUT2D eigenvalue weighted by Crippen LogP contribution is 2.26. The molecule has 1 atom stereocenters. The third kappa shape index (κ3) is 3.10. The highest BCUT2D eigenvalue weighted by Gasteiger charge is 2.24. The molecule has 0 radical (unpaired) electrons. The van der Waals surface area contributed by atoms with Crippen LogP contribution in [0, 0.1) is 6.92 Å². The minimum atomic E-state index is -0.508. The summed E-state index contributed by atoms with van der Waals surface area (Å²) in [5, 5.41) is 10.7. The van der Waals surface area contributed by atoms with Gasteiger partial charge in [0.05, 0.1) is 6.54 Å². The Morgan fingerprint density at radius 2 is 2.48 bits per heavy atom. The van der Waals surface area contributed by atoms with Gasteiger partial charge in [0.2, 0.25) is 5.89 Å². The molecule has 2 aromatic heterocycles. The fourth-order valence-corrected chi connectivity index (χ4v) is 2.72. The Morgan fingerprint density at radius 1 is 1.62 bits per heavy atom. The maximum absolute atomic E-state index is 11.1. The fraction of sp³-hybridized carbons (Fsp3) is 0.538. The molecular weight excluding hydrogens is 272 g/mol. The summed E-state index contributed by atoms with van der Waals surface area (Å²) < 4.78 is 5.16. The largest absolute Gasteiger partial charge is 0.364 e. The van der Waals surface area contributed by atoms with Gasteiger partial charge < -0.3 is 10.3 Å². The number of carbonyl (C=O) groups excluding carboxylic acids is 1. The zero-order chi connectivity index (χ0) is 14.8. The summed E-state index contributed by atoms with van der Waals surface area (Å²) in [4.78, 5) is 17.6. The van der Waals surface area contributed by atoms with Crippen molar-refractivity contribution < 1.29 is 9.32 Å². The fourth-order valence-electron chi connectivity index (χ4n) is 2.72. The third-order valence-corrected chi connectivity index (χ3v) is 3.72. The summed E-state index contributed by atoms with van der Waals surface area (Å²) in [7, 11) is 0. The molecule has 1 amide bonds. The number of nitrogens with two attached hydrogens (primary N) is 1. The number of nitrogens with one attached hydrogen (secondary N) is 1. The average molecular weight is 290 g/mol. The predicted molar refractivity (Wildman–Crippen MR) is 73.4 cm³/mol. The van der Waals surface area contributed by atoms with Crippen molar-refractivity contribution in [2.24, 2.45) is 5.73 Å². The van der Waals surface area contributed by atoms with E-state index in [1.54, 1.807) is 6.07 Å². The maximum Gasteiger partial charge on any atom is 0.269 e. The van der Waals surface area contributed by atoms with E-state index in [1.807, 2.05) is 6.92 Å². The smallest absolute Gasteiger partial charge is 0.269 e. The molecular formula is C13H18N6O2. The van der Waals surface area contributed by atoms with Crippen molar-refractivity contribution in [1.29, 1.82) is 0 Å². The zero-order valence-corrected chi connectivity index (χ0v) is 11.9. The van der Waals surface area contributed by atoms with Crippen LogP contribution in [0.2, 0.25) is 0 Å². The van der Waals surface area contributed by atoms with Gasteiger partial charge in [0.15, 0.2) is 5.82 Å². The van der Waals surface area contributed by atoms with Gasteiger partial charge in [0, 0.05) is 18.2 Å². The zero-order valence-electron chi connectivity index (χ0n) is 11.9. The number of aromatic amines is 1. The van der Waals surface area contributed by atoms with Gasteiger partial charge in [-0.3, -0.25) is 14.8 Å². The molecule has 0 saturated carbocycles. The van der Waals surface area contributed by atoms with Crippen molar-refractivity contribution in [3.63, 3.8) is 0 Å². The molecule has 21 heavy (non-hydrogen) atoms. The van der Waals surface area contributed by atoms with Gasteiger partial charge in [-0.2, -0.15) is 10.1 Å². The first kappa shape index (κ1) is 13.7. The topological polar surface area (TPSA) is 114 Å². The monoisotopic (exact) mass is 290 g/mol. The highest BCUT2D eigenvalue weighted by molar-refractivity contribution is 5.90. The molecule has 1 unspecified atom stereocenters. The summed E-state index contributed by atoms with van der Waals surface area (Å²) >= 11 is 0. The van der Waals surface area contributed by atoms with E-state index in [0.29, 0.717) is 24.2 Å². The van der Waals surface area contributed by atoms with Crippen LogP contribution in [0.3, 0.4) is 0 Å². The van der Waals surface area contributed by atoms with Crippen LogP contribution in [0.4, 0.5) is 0 Å². The first-order valence-corrected chi connectivity index (χ1v) is 6.98. The quantitative estimate of drug-likeness (QED) is 0.851. The summed E-state index contributed by atoms with van der Waals surface area (Å²) in [6, 6.07) is 1.74. The Kier molecular flexibility index (Phi) is 3.70. The highest BCUT2D eigenvalue weighted by atomic mass is 16.5. The van der Waals surface area contributed by atoms with Crippen molar-refractivity contribution in [2.45, 2.75) is 32.2 Å². The second-order valence-corrected chi connectivity index (χ2v) is 5.38. The van der Waals surface area contributed by atoms with Gasteiger partial charge in [-0.15, -0.1) is 0 Å². The van der Waals surface area contributed by atoms with E-state index in [-0.39, 0.29) is 5.69 Å². The van der Waals surface area contributed by atoms with Gasteiger partial charge in [-0.05, 0) is 32.4 Å². The van der Waals surface area contributed by atoms with Crippen LogP contribution in [0.25, 0.3) is 0 Å².